The summed E-state index contributed by atoms with van der Waals surface area (Å²) in [7, 11) is 0. The summed E-state index contributed by atoms with van der Waals surface area (Å²) in [5.74, 6) is -1.24. The van der Waals surface area contributed by atoms with Crippen molar-refractivity contribution in [3.63, 3.8) is 0 Å². The fraction of sp³-hybridized carbons (Fsp3) is 0.125. The van der Waals surface area contributed by atoms with E-state index in [0.29, 0.717) is 5.56 Å². The van der Waals surface area contributed by atoms with E-state index in [2.05, 4.69) is 15.9 Å². The standard InChI is InChI=1S/C8H7BrO3/c9-6-3-1-2-5(4-6)7(10)8(11)12/h1-4,7,10H,(H,11,12)/t7-/m1/s1. The molecule has 12 heavy (non-hydrogen) atoms. The summed E-state index contributed by atoms with van der Waals surface area (Å²) in [6, 6.07) is 6.56. The van der Waals surface area contributed by atoms with Gasteiger partial charge in [0.05, 0.1) is 0 Å². The van der Waals surface area contributed by atoms with Gasteiger partial charge in [0.2, 0.25) is 0 Å². The maximum absolute atomic E-state index is 10.3. The van der Waals surface area contributed by atoms with Crippen molar-refractivity contribution in [2.75, 3.05) is 0 Å². The second-order valence-corrected chi connectivity index (χ2v) is 3.21. The van der Waals surface area contributed by atoms with E-state index >= 15 is 0 Å². The Bertz CT molecular complexity index is 298. The maximum atomic E-state index is 10.3. The molecule has 1 aromatic rings. The average molecular weight is 231 g/mol. The van der Waals surface area contributed by atoms with Gasteiger partial charge in [-0.05, 0) is 17.7 Å². The van der Waals surface area contributed by atoms with Crippen molar-refractivity contribution < 1.29 is 15.0 Å². The van der Waals surface area contributed by atoms with Crippen LogP contribution < -0.4 is 0 Å². The molecule has 0 heterocycles. The van der Waals surface area contributed by atoms with Crippen molar-refractivity contribution in [1.29, 1.82) is 0 Å². The minimum absolute atomic E-state index is 0.372. The van der Waals surface area contributed by atoms with Gasteiger partial charge in [0.1, 0.15) is 0 Å². The molecule has 0 spiro atoms. The van der Waals surface area contributed by atoms with E-state index < -0.39 is 12.1 Å². The zero-order valence-corrected chi connectivity index (χ0v) is 7.65. The Morgan fingerprint density at radius 1 is 1.50 bits per heavy atom. The van der Waals surface area contributed by atoms with Crippen LogP contribution in [-0.2, 0) is 4.79 Å². The molecule has 1 rings (SSSR count). The minimum Gasteiger partial charge on any atom is -0.479 e. The van der Waals surface area contributed by atoms with Gasteiger partial charge in [0.15, 0.2) is 6.10 Å². The Morgan fingerprint density at radius 2 is 2.17 bits per heavy atom. The molecule has 2 N–H and O–H groups in total. The lowest BCUT2D eigenvalue weighted by Gasteiger charge is -2.04. The highest BCUT2D eigenvalue weighted by Crippen LogP contribution is 2.17. The van der Waals surface area contributed by atoms with Gasteiger partial charge < -0.3 is 10.2 Å². The molecule has 1 atom stereocenters. The van der Waals surface area contributed by atoms with Crippen molar-refractivity contribution in [3.05, 3.63) is 34.3 Å². The molecule has 0 aliphatic rings. The summed E-state index contributed by atoms with van der Waals surface area (Å²) in [4.78, 5) is 10.3. The van der Waals surface area contributed by atoms with Gasteiger partial charge in [-0.1, -0.05) is 28.1 Å². The molecule has 0 aromatic heterocycles. The summed E-state index contributed by atoms with van der Waals surface area (Å²) in [5.41, 5.74) is 0.372. The topological polar surface area (TPSA) is 57.5 Å². The number of aliphatic hydroxyl groups is 1. The van der Waals surface area contributed by atoms with Crippen LogP contribution in [0.5, 0.6) is 0 Å². The molecule has 0 amide bonds. The van der Waals surface area contributed by atoms with Crippen molar-refractivity contribution >= 4 is 21.9 Å². The second-order valence-electron chi connectivity index (χ2n) is 2.30. The Labute approximate surface area is 77.8 Å². The van der Waals surface area contributed by atoms with Gasteiger partial charge in [-0.3, -0.25) is 0 Å². The molecule has 4 heteroatoms. The van der Waals surface area contributed by atoms with E-state index in [1.807, 2.05) is 0 Å². The largest absolute Gasteiger partial charge is 0.479 e. The van der Waals surface area contributed by atoms with E-state index in [1.165, 1.54) is 0 Å². The smallest absolute Gasteiger partial charge is 0.337 e. The first-order valence-electron chi connectivity index (χ1n) is 3.27. The fourth-order valence-electron chi connectivity index (χ4n) is 0.819. The van der Waals surface area contributed by atoms with E-state index in [-0.39, 0.29) is 0 Å². The van der Waals surface area contributed by atoms with E-state index in [1.54, 1.807) is 24.3 Å². The number of aliphatic hydroxyl groups excluding tert-OH is 1. The van der Waals surface area contributed by atoms with Gasteiger partial charge in [-0.15, -0.1) is 0 Å². The average Bonchev–Trinajstić information content (AvgIpc) is 2.03. The molecule has 0 saturated carbocycles. The number of carbonyl (C=O) groups is 1. The lowest BCUT2D eigenvalue weighted by atomic mass is 10.1. The molecule has 0 saturated heterocycles. The number of benzene rings is 1. The van der Waals surface area contributed by atoms with E-state index in [0.717, 1.165) is 4.47 Å². The van der Waals surface area contributed by atoms with Crippen molar-refractivity contribution in [1.82, 2.24) is 0 Å². The molecule has 0 bridgehead atoms. The van der Waals surface area contributed by atoms with Crippen LogP contribution in [0.3, 0.4) is 0 Å². The Morgan fingerprint density at radius 3 is 2.67 bits per heavy atom. The highest BCUT2D eigenvalue weighted by Gasteiger charge is 2.15. The number of aliphatic carboxylic acids is 1. The number of halogens is 1. The molecule has 0 aliphatic heterocycles. The number of hydrogen-bond acceptors (Lipinski definition) is 2. The summed E-state index contributed by atoms with van der Waals surface area (Å²) in [6.07, 6.45) is -1.44. The van der Waals surface area contributed by atoms with Crippen LogP contribution in [0.15, 0.2) is 28.7 Å². The lowest BCUT2D eigenvalue weighted by Crippen LogP contribution is -2.09. The molecule has 64 valence electrons. The highest BCUT2D eigenvalue weighted by atomic mass is 79.9. The third-order valence-corrected chi connectivity index (χ3v) is 1.89. The SMILES string of the molecule is O=C(O)[C@H](O)c1cccc(Br)c1. The zero-order chi connectivity index (χ0) is 9.14. The minimum atomic E-state index is -1.44. The summed E-state index contributed by atoms with van der Waals surface area (Å²) in [6.45, 7) is 0. The second kappa shape index (κ2) is 3.69. The summed E-state index contributed by atoms with van der Waals surface area (Å²) in [5, 5.41) is 17.6. The number of carboxylic acids is 1. The molecule has 0 unspecified atom stereocenters. The van der Waals surface area contributed by atoms with Gasteiger partial charge in [0.25, 0.3) is 0 Å². The summed E-state index contributed by atoms with van der Waals surface area (Å²) >= 11 is 3.18. The van der Waals surface area contributed by atoms with Crippen molar-refractivity contribution in [2.24, 2.45) is 0 Å². The van der Waals surface area contributed by atoms with Gasteiger partial charge in [-0.25, -0.2) is 4.79 Å². The van der Waals surface area contributed by atoms with Crippen LogP contribution in [0.4, 0.5) is 0 Å². The Balaban J connectivity index is 2.95. The van der Waals surface area contributed by atoms with Crippen LogP contribution >= 0.6 is 15.9 Å². The normalized spacial score (nSPS) is 12.5. The maximum Gasteiger partial charge on any atom is 0.337 e. The first-order valence-corrected chi connectivity index (χ1v) is 4.07. The third-order valence-electron chi connectivity index (χ3n) is 1.40. The molecular formula is C8H7BrO3. The van der Waals surface area contributed by atoms with Crippen molar-refractivity contribution in [3.8, 4) is 0 Å². The first kappa shape index (κ1) is 9.22. The van der Waals surface area contributed by atoms with Crippen LogP contribution in [0.1, 0.15) is 11.7 Å². The number of rotatable bonds is 2. The van der Waals surface area contributed by atoms with Crippen LogP contribution in [0.25, 0.3) is 0 Å². The number of carboxylic acid groups (broad SMARTS) is 1. The quantitative estimate of drug-likeness (QED) is 0.812. The predicted molar refractivity (Wildman–Crippen MR) is 46.7 cm³/mol. The summed E-state index contributed by atoms with van der Waals surface area (Å²) < 4.78 is 0.750. The van der Waals surface area contributed by atoms with E-state index in [9.17, 15) is 4.79 Å². The van der Waals surface area contributed by atoms with Gasteiger partial charge in [-0.2, -0.15) is 0 Å². The zero-order valence-electron chi connectivity index (χ0n) is 6.07. The Hall–Kier alpha value is -0.870. The highest BCUT2D eigenvalue weighted by molar-refractivity contribution is 9.10. The molecule has 3 nitrogen and oxygen atoms in total. The van der Waals surface area contributed by atoms with Gasteiger partial charge in [0, 0.05) is 4.47 Å². The predicted octanol–water partition coefficient (Wildman–Crippen LogP) is 1.57. The van der Waals surface area contributed by atoms with Crippen LogP contribution in [-0.4, -0.2) is 16.2 Å². The number of hydrogen-bond donors (Lipinski definition) is 2. The Kier molecular flexibility index (Phi) is 2.83. The van der Waals surface area contributed by atoms with Gasteiger partial charge >= 0.3 is 5.97 Å². The molecule has 1 aromatic carbocycles. The molecule has 0 radical (unpaired) electrons. The van der Waals surface area contributed by atoms with Crippen molar-refractivity contribution in [2.45, 2.75) is 6.10 Å². The fourth-order valence-corrected chi connectivity index (χ4v) is 1.24. The lowest BCUT2D eigenvalue weighted by molar-refractivity contribution is -0.146. The monoisotopic (exact) mass is 230 g/mol. The molecular weight excluding hydrogens is 224 g/mol. The molecule has 0 fully saturated rings. The third kappa shape index (κ3) is 2.06. The first-order chi connectivity index (χ1) is 5.61. The molecule has 0 aliphatic carbocycles. The van der Waals surface area contributed by atoms with Crippen LogP contribution in [0, 0.1) is 0 Å². The van der Waals surface area contributed by atoms with E-state index in [4.69, 9.17) is 10.2 Å². The van der Waals surface area contributed by atoms with Crippen LogP contribution in [0.2, 0.25) is 0 Å².